The molecular weight excluding hydrogens is 442 g/mol. The Hall–Kier alpha value is -1.35. The number of primary sulfonamides is 1. The summed E-state index contributed by atoms with van der Waals surface area (Å²) in [5.41, 5.74) is 0. The minimum atomic E-state index is -3.47. The van der Waals surface area contributed by atoms with Gasteiger partial charge in [0, 0.05) is 19.5 Å². The van der Waals surface area contributed by atoms with Gasteiger partial charge in [-0.3, -0.25) is 4.79 Å². The molecule has 2 N–H and O–H groups in total. The molecule has 0 spiro atoms. The van der Waals surface area contributed by atoms with Crippen LogP contribution in [0.3, 0.4) is 0 Å². The monoisotopic (exact) mass is 483 g/mol. The van der Waals surface area contributed by atoms with Crippen molar-refractivity contribution in [3.63, 3.8) is 0 Å². The van der Waals surface area contributed by atoms with Gasteiger partial charge in [-0.25, -0.2) is 18.4 Å². The number of carbonyl (C=O) groups excluding carboxylic acids is 2. The Morgan fingerprint density at radius 1 is 0.879 bits per heavy atom. The molecule has 1 saturated heterocycles. The second kappa shape index (κ2) is 10.1. The predicted molar refractivity (Wildman–Crippen MR) is 126 cm³/mol. The summed E-state index contributed by atoms with van der Waals surface area (Å²) >= 11 is 0. The maximum atomic E-state index is 13.3. The summed E-state index contributed by atoms with van der Waals surface area (Å²) in [5, 5.41) is 4.96. The lowest BCUT2D eigenvalue weighted by molar-refractivity contribution is -0.143. The Balaban J connectivity index is 1.46. The largest absolute Gasteiger partial charge is 0.446 e. The number of rotatable bonds is 3. The van der Waals surface area contributed by atoms with Gasteiger partial charge < -0.3 is 14.5 Å². The van der Waals surface area contributed by atoms with Crippen LogP contribution >= 0.6 is 0 Å². The molecule has 0 aromatic rings. The molecule has 4 rings (SSSR count). The van der Waals surface area contributed by atoms with Crippen LogP contribution in [0, 0.1) is 11.8 Å². The molecule has 0 radical (unpaired) electrons. The highest BCUT2D eigenvalue weighted by molar-refractivity contribution is 7.89. The average Bonchev–Trinajstić information content (AvgIpc) is 2.78. The number of hydrogen-bond acceptors (Lipinski definition) is 5. The van der Waals surface area contributed by atoms with Crippen LogP contribution in [0.4, 0.5) is 4.79 Å². The van der Waals surface area contributed by atoms with E-state index in [4.69, 9.17) is 9.88 Å². The quantitative estimate of drug-likeness (QED) is 0.662. The molecule has 33 heavy (non-hydrogen) atoms. The predicted octanol–water partition coefficient (Wildman–Crippen LogP) is 3.39. The summed E-state index contributed by atoms with van der Waals surface area (Å²) in [6.07, 6.45) is 10.8. The van der Waals surface area contributed by atoms with Crippen molar-refractivity contribution < 1.29 is 22.7 Å². The van der Waals surface area contributed by atoms with Crippen LogP contribution in [-0.2, 0) is 19.6 Å². The van der Waals surface area contributed by atoms with Crippen molar-refractivity contribution in [2.24, 2.45) is 17.0 Å². The molecule has 0 bridgehead atoms. The van der Waals surface area contributed by atoms with E-state index in [1.807, 2.05) is 16.7 Å². The maximum Gasteiger partial charge on any atom is 0.410 e. The van der Waals surface area contributed by atoms with Gasteiger partial charge in [-0.1, -0.05) is 6.42 Å². The molecule has 9 heteroatoms. The van der Waals surface area contributed by atoms with Gasteiger partial charge in [0.15, 0.2) is 0 Å². The zero-order chi connectivity index (χ0) is 23.8. The van der Waals surface area contributed by atoms with Gasteiger partial charge in [-0.2, -0.15) is 0 Å². The molecule has 1 aliphatic heterocycles. The topological polar surface area (TPSA) is 110 Å². The number of nitrogens with two attached hydrogens (primary N) is 1. The number of carbonyl (C=O) groups is 2. The smallest absolute Gasteiger partial charge is 0.410 e. The first-order valence-electron chi connectivity index (χ1n) is 12.9. The lowest BCUT2D eigenvalue weighted by atomic mass is 9.69. The molecule has 3 aliphatic carbocycles. The van der Waals surface area contributed by atoms with Crippen LogP contribution in [0.2, 0.25) is 0 Å². The molecule has 8 nitrogen and oxygen atoms in total. The summed E-state index contributed by atoms with van der Waals surface area (Å²) in [4.78, 5) is 29.7. The molecule has 3 saturated carbocycles. The Morgan fingerprint density at radius 3 is 2.12 bits per heavy atom. The van der Waals surface area contributed by atoms with Crippen LogP contribution < -0.4 is 5.14 Å². The zero-order valence-corrected chi connectivity index (χ0v) is 21.0. The lowest BCUT2D eigenvalue weighted by Crippen LogP contribution is -2.67. The molecule has 4 atom stereocenters. The van der Waals surface area contributed by atoms with Crippen LogP contribution in [0.5, 0.6) is 0 Å². The Labute approximate surface area is 198 Å². The highest BCUT2D eigenvalue weighted by Crippen LogP contribution is 2.43. The fourth-order valence-electron chi connectivity index (χ4n) is 7.12. The number of piperazine rings is 1. The summed E-state index contributed by atoms with van der Waals surface area (Å²) in [5.74, 6) is 0.954. The van der Waals surface area contributed by atoms with E-state index >= 15 is 0 Å². The van der Waals surface area contributed by atoms with E-state index in [0.717, 1.165) is 57.8 Å². The van der Waals surface area contributed by atoms with Crippen molar-refractivity contribution in [3.05, 3.63) is 0 Å². The fraction of sp³-hybridized carbons (Fsp3) is 0.917. The minimum Gasteiger partial charge on any atom is -0.446 e. The van der Waals surface area contributed by atoms with E-state index in [1.54, 1.807) is 6.92 Å². The second-order valence-electron chi connectivity index (χ2n) is 10.9. The molecule has 2 amide bonds. The standard InChI is InChI=1S/C24H41N3O5S/c1-16-15-26(24(29)32-20-6-4-3-5-7-20)23-14-19(10-13-22(23)27(16)17(2)28)18-8-11-21(12-9-18)33(25,30)31/h16,18-23H,3-15H2,1-2H3,(H2,25,30,31)/t16-,18?,19?,21?,22?,23?/m0/s1. The van der Waals surface area contributed by atoms with Crippen LogP contribution in [-0.4, -0.2) is 66.2 Å². The molecule has 0 aromatic heterocycles. The third-order valence-corrected chi connectivity index (χ3v) is 10.2. The number of hydrogen-bond donors (Lipinski definition) is 1. The number of fused-ring (bicyclic) bond motifs is 1. The molecule has 188 valence electrons. The van der Waals surface area contributed by atoms with Gasteiger partial charge in [-0.05, 0) is 89.4 Å². The first-order valence-corrected chi connectivity index (χ1v) is 14.5. The van der Waals surface area contributed by atoms with Gasteiger partial charge >= 0.3 is 6.09 Å². The van der Waals surface area contributed by atoms with E-state index in [0.29, 0.717) is 31.2 Å². The van der Waals surface area contributed by atoms with Crippen LogP contribution in [0.1, 0.15) is 90.9 Å². The highest BCUT2D eigenvalue weighted by Gasteiger charge is 2.48. The SMILES string of the molecule is CC(=O)N1C2CCC(C3CCC(S(N)(=O)=O)CC3)CC2N(C(=O)OC2CCCCC2)C[C@@H]1C. The van der Waals surface area contributed by atoms with Crippen molar-refractivity contribution in [1.82, 2.24) is 9.80 Å². The Bertz CT molecular complexity index is 820. The average molecular weight is 484 g/mol. The van der Waals surface area contributed by atoms with Crippen molar-refractivity contribution in [2.45, 2.75) is 120 Å². The van der Waals surface area contributed by atoms with E-state index in [1.165, 1.54) is 6.42 Å². The number of sulfonamides is 1. The molecule has 1 heterocycles. The highest BCUT2D eigenvalue weighted by atomic mass is 32.2. The first-order chi connectivity index (χ1) is 15.6. The minimum absolute atomic E-state index is 0.0127. The van der Waals surface area contributed by atoms with Gasteiger partial charge in [0.2, 0.25) is 15.9 Å². The molecular formula is C24H41N3O5S. The number of amides is 2. The molecule has 4 fully saturated rings. The summed E-state index contributed by atoms with van der Waals surface area (Å²) < 4.78 is 29.5. The summed E-state index contributed by atoms with van der Waals surface area (Å²) in [7, 11) is -3.47. The third kappa shape index (κ3) is 5.50. The van der Waals surface area contributed by atoms with Crippen molar-refractivity contribution in [1.29, 1.82) is 0 Å². The Kier molecular flexibility index (Phi) is 7.58. The third-order valence-electron chi connectivity index (χ3n) is 8.78. The van der Waals surface area contributed by atoms with Crippen LogP contribution in [0.25, 0.3) is 0 Å². The molecule has 0 aromatic carbocycles. The van der Waals surface area contributed by atoms with Gasteiger partial charge in [0.05, 0.1) is 17.3 Å². The first kappa shape index (κ1) is 24.8. The molecule has 4 aliphatic rings. The zero-order valence-electron chi connectivity index (χ0n) is 20.2. The number of nitrogens with zero attached hydrogens (tertiary/aromatic N) is 2. The summed E-state index contributed by atoms with van der Waals surface area (Å²) in [6, 6.07) is -0.0255. The van der Waals surface area contributed by atoms with E-state index < -0.39 is 15.3 Å². The van der Waals surface area contributed by atoms with E-state index in [2.05, 4.69) is 0 Å². The van der Waals surface area contributed by atoms with Crippen molar-refractivity contribution in [3.8, 4) is 0 Å². The van der Waals surface area contributed by atoms with Gasteiger partial charge in [-0.15, -0.1) is 0 Å². The van der Waals surface area contributed by atoms with Crippen LogP contribution in [0.15, 0.2) is 0 Å². The summed E-state index contributed by atoms with van der Waals surface area (Å²) in [6.45, 7) is 4.17. The number of ether oxygens (including phenoxy) is 1. The van der Waals surface area contributed by atoms with Crippen molar-refractivity contribution >= 4 is 22.0 Å². The molecule has 3 unspecified atom stereocenters. The van der Waals surface area contributed by atoms with Gasteiger partial charge in [0.25, 0.3) is 0 Å². The van der Waals surface area contributed by atoms with E-state index in [9.17, 15) is 18.0 Å². The fourth-order valence-corrected chi connectivity index (χ4v) is 8.05. The van der Waals surface area contributed by atoms with Gasteiger partial charge in [0.1, 0.15) is 6.10 Å². The van der Waals surface area contributed by atoms with Crippen molar-refractivity contribution in [2.75, 3.05) is 6.54 Å². The normalized spacial score (nSPS) is 36.2. The maximum absolute atomic E-state index is 13.3. The Morgan fingerprint density at radius 2 is 1.52 bits per heavy atom. The lowest BCUT2D eigenvalue weighted by Gasteiger charge is -2.54. The van der Waals surface area contributed by atoms with E-state index in [-0.39, 0.29) is 36.2 Å². The second-order valence-corrected chi connectivity index (χ2v) is 12.7.